The third kappa shape index (κ3) is 6.65. The summed E-state index contributed by atoms with van der Waals surface area (Å²) in [4.78, 5) is 15.8. The van der Waals surface area contributed by atoms with Crippen LogP contribution in [-0.2, 0) is 11.3 Å². The average Bonchev–Trinajstić information content (AvgIpc) is 2.53. The van der Waals surface area contributed by atoms with Crippen molar-refractivity contribution in [1.82, 2.24) is 16.0 Å². The molecule has 0 unspecified atom stereocenters. The number of carbonyl (C=O) groups excluding carboxylic acids is 1. The first-order chi connectivity index (χ1) is 10.2. The van der Waals surface area contributed by atoms with Crippen molar-refractivity contribution in [3.8, 4) is 5.75 Å². The molecule has 1 aromatic rings. The van der Waals surface area contributed by atoms with Gasteiger partial charge in [-0.1, -0.05) is 19.1 Å². The van der Waals surface area contributed by atoms with Gasteiger partial charge in [0.25, 0.3) is 0 Å². The van der Waals surface area contributed by atoms with Gasteiger partial charge in [0.15, 0.2) is 5.96 Å². The molecule has 0 spiro atoms. The molecular formula is C15H24N4O2. The van der Waals surface area contributed by atoms with Crippen molar-refractivity contribution in [3.05, 3.63) is 29.8 Å². The van der Waals surface area contributed by atoms with E-state index in [9.17, 15) is 4.79 Å². The maximum Gasteiger partial charge on any atom is 0.239 e. The summed E-state index contributed by atoms with van der Waals surface area (Å²) >= 11 is 0. The van der Waals surface area contributed by atoms with Gasteiger partial charge in [-0.05, 0) is 24.1 Å². The summed E-state index contributed by atoms with van der Waals surface area (Å²) in [6, 6.07) is 7.59. The second-order valence-electron chi connectivity index (χ2n) is 4.48. The molecule has 0 radical (unpaired) electrons. The van der Waals surface area contributed by atoms with Gasteiger partial charge in [0.1, 0.15) is 5.75 Å². The predicted octanol–water partition coefficient (Wildman–Crippen LogP) is 0.886. The zero-order chi connectivity index (χ0) is 15.5. The van der Waals surface area contributed by atoms with E-state index in [0.717, 1.165) is 24.3 Å². The molecule has 6 nitrogen and oxygen atoms in total. The van der Waals surface area contributed by atoms with Crippen molar-refractivity contribution < 1.29 is 9.53 Å². The number of benzene rings is 1. The first-order valence-corrected chi connectivity index (χ1v) is 7.03. The number of carbonyl (C=O) groups is 1. The minimum absolute atomic E-state index is 0.0785. The topological polar surface area (TPSA) is 74.8 Å². The molecular weight excluding hydrogens is 268 g/mol. The lowest BCUT2D eigenvalue weighted by Gasteiger charge is -2.11. The monoisotopic (exact) mass is 292 g/mol. The third-order valence-electron chi connectivity index (χ3n) is 2.83. The fraction of sp³-hybridized carbons (Fsp3) is 0.467. The summed E-state index contributed by atoms with van der Waals surface area (Å²) < 4.78 is 5.09. The van der Waals surface area contributed by atoms with E-state index < -0.39 is 0 Å². The van der Waals surface area contributed by atoms with Gasteiger partial charge < -0.3 is 20.7 Å². The second-order valence-corrected chi connectivity index (χ2v) is 4.48. The maximum atomic E-state index is 11.8. The number of aliphatic imine (C=N–C) groups is 1. The molecule has 1 rings (SSSR count). The van der Waals surface area contributed by atoms with E-state index in [1.54, 1.807) is 14.2 Å². The van der Waals surface area contributed by atoms with Crippen LogP contribution in [-0.4, -0.2) is 39.1 Å². The van der Waals surface area contributed by atoms with Gasteiger partial charge in [-0.15, -0.1) is 0 Å². The molecule has 0 aromatic heterocycles. The number of hydrogen-bond acceptors (Lipinski definition) is 3. The smallest absolute Gasteiger partial charge is 0.239 e. The van der Waals surface area contributed by atoms with Crippen LogP contribution in [0, 0.1) is 0 Å². The second kappa shape index (κ2) is 9.63. The Hall–Kier alpha value is -2.24. The average molecular weight is 292 g/mol. The Morgan fingerprint density at radius 1 is 1.19 bits per heavy atom. The van der Waals surface area contributed by atoms with Crippen molar-refractivity contribution in [3.63, 3.8) is 0 Å². The van der Waals surface area contributed by atoms with E-state index in [0.29, 0.717) is 12.5 Å². The molecule has 0 bridgehead atoms. The van der Waals surface area contributed by atoms with Gasteiger partial charge in [-0.25, -0.2) is 0 Å². The molecule has 1 amide bonds. The normalized spacial score (nSPS) is 10.9. The largest absolute Gasteiger partial charge is 0.497 e. The van der Waals surface area contributed by atoms with Crippen molar-refractivity contribution in [2.75, 3.05) is 27.2 Å². The van der Waals surface area contributed by atoms with E-state index in [4.69, 9.17) is 4.74 Å². The third-order valence-corrected chi connectivity index (χ3v) is 2.83. The highest BCUT2D eigenvalue weighted by Crippen LogP contribution is 2.10. The summed E-state index contributed by atoms with van der Waals surface area (Å²) in [7, 11) is 3.31. The van der Waals surface area contributed by atoms with E-state index in [2.05, 4.69) is 27.9 Å². The Labute approximate surface area is 126 Å². The van der Waals surface area contributed by atoms with Crippen molar-refractivity contribution in [1.29, 1.82) is 0 Å². The van der Waals surface area contributed by atoms with Crippen LogP contribution in [0.4, 0.5) is 0 Å². The number of guanidine groups is 1. The molecule has 1 aromatic carbocycles. The van der Waals surface area contributed by atoms with Gasteiger partial charge >= 0.3 is 0 Å². The summed E-state index contributed by atoms with van der Waals surface area (Å²) in [5, 5.41) is 8.92. The molecule has 0 atom stereocenters. The van der Waals surface area contributed by atoms with Crippen LogP contribution in [0.3, 0.4) is 0 Å². The molecule has 0 saturated carbocycles. The van der Waals surface area contributed by atoms with E-state index in [-0.39, 0.29) is 12.5 Å². The molecule has 0 aliphatic carbocycles. The Morgan fingerprint density at radius 2 is 1.90 bits per heavy atom. The number of methoxy groups -OCH3 is 1. The molecule has 6 heteroatoms. The van der Waals surface area contributed by atoms with Crippen LogP contribution in [0.2, 0.25) is 0 Å². The maximum absolute atomic E-state index is 11.8. The SMILES string of the molecule is CCCNC(=NC)NCC(=O)NCc1ccc(OC)cc1. The van der Waals surface area contributed by atoms with Crippen molar-refractivity contribution in [2.45, 2.75) is 19.9 Å². The zero-order valence-electron chi connectivity index (χ0n) is 12.9. The Balaban J connectivity index is 2.29. The van der Waals surface area contributed by atoms with Crippen LogP contribution in [0.15, 0.2) is 29.3 Å². The van der Waals surface area contributed by atoms with Crippen molar-refractivity contribution in [2.24, 2.45) is 4.99 Å². The highest BCUT2D eigenvalue weighted by molar-refractivity contribution is 5.86. The molecule has 116 valence electrons. The highest BCUT2D eigenvalue weighted by Gasteiger charge is 2.03. The fourth-order valence-electron chi connectivity index (χ4n) is 1.63. The number of ether oxygens (including phenoxy) is 1. The van der Waals surface area contributed by atoms with Crippen LogP contribution < -0.4 is 20.7 Å². The van der Waals surface area contributed by atoms with Crippen LogP contribution >= 0.6 is 0 Å². The minimum atomic E-state index is -0.0785. The fourth-order valence-corrected chi connectivity index (χ4v) is 1.63. The van der Waals surface area contributed by atoms with Gasteiger partial charge in [0, 0.05) is 20.1 Å². The Bertz CT molecular complexity index is 457. The van der Waals surface area contributed by atoms with E-state index >= 15 is 0 Å². The quantitative estimate of drug-likeness (QED) is 0.515. The summed E-state index contributed by atoms with van der Waals surface area (Å²) in [6.45, 7) is 3.58. The van der Waals surface area contributed by atoms with Gasteiger partial charge in [-0.2, -0.15) is 0 Å². The predicted molar refractivity (Wildman–Crippen MR) is 84.5 cm³/mol. The molecule has 0 fully saturated rings. The molecule has 21 heavy (non-hydrogen) atoms. The Kier molecular flexibility index (Phi) is 7.71. The van der Waals surface area contributed by atoms with E-state index in [1.165, 1.54) is 0 Å². The summed E-state index contributed by atoms with van der Waals surface area (Å²) in [5.41, 5.74) is 1.03. The molecule has 0 aliphatic rings. The van der Waals surface area contributed by atoms with Gasteiger partial charge in [0.2, 0.25) is 5.91 Å². The van der Waals surface area contributed by atoms with Crippen LogP contribution in [0.25, 0.3) is 0 Å². The Morgan fingerprint density at radius 3 is 2.48 bits per heavy atom. The number of amides is 1. The zero-order valence-corrected chi connectivity index (χ0v) is 12.9. The molecule has 0 heterocycles. The van der Waals surface area contributed by atoms with Crippen LogP contribution in [0.1, 0.15) is 18.9 Å². The molecule has 0 aliphatic heterocycles. The lowest BCUT2D eigenvalue weighted by atomic mass is 10.2. The number of nitrogens with one attached hydrogen (secondary N) is 3. The molecule has 0 saturated heterocycles. The summed E-state index contributed by atoms with van der Waals surface area (Å²) in [6.07, 6.45) is 1.00. The lowest BCUT2D eigenvalue weighted by Crippen LogP contribution is -2.43. The van der Waals surface area contributed by atoms with E-state index in [1.807, 2.05) is 24.3 Å². The summed E-state index contributed by atoms with van der Waals surface area (Å²) in [5.74, 6) is 1.36. The van der Waals surface area contributed by atoms with Crippen LogP contribution in [0.5, 0.6) is 5.75 Å². The van der Waals surface area contributed by atoms with Crippen molar-refractivity contribution >= 4 is 11.9 Å². The first kappa shape index (κ1) is 16.8. The number of hydrogen-bond donors (Lipinski definition) is 3. The minimum Gasteiger partial charge on any atom is -0.497 e. The van der Waals surface area contributed by atoms with Gasteiger partial charge in [-0.3, -0.25) is 9.79 Å². The number of rotatable bonds is 7. The number of nitrogens with zero attached hydrogens (tertiary/aromatic N) is 1. The first-order valence-electron chi connectivity index (χ1n) is 7.03. The van der Waals surface area contributed by atoms with Gasteiger partial charge in [0.05, 0.1) is 13.7 Å². The lowest BCUT2D eigenvalue weighted by molar-refractivity contribution is -0.120. The molecule has 3 N–H and O–H groups in total. The highest BCUT2D eigenvalue weighted by atomic mass is 16.5. The standard InChI is InChI=1S/C15H24N4O2/c1-4-9-17-15(16-2)19-11-14(20)18-10-12-5-7-13(21-3)8-6-12/h5-8H,4,9-11H2,1-3H3,(H,18,20)(H2,16,17,19).